The van der Waals surface area contributed by atoms with Gasteiger partial charge in [-0.2, -0.15) is 22.0 Å². The van der Waals surface area contributed by atoms with Gasteiger partial charge in [0.1, 0.15) is 0 Å². The van der Waals surface area contributed by atoms with Crippen molar-refractivity contribution in [3.63, 3.8) is 0 Å². The van der Waals surface area contributed by atoms with Crippen LogP contribution in [0.2, 0.25) is 0 Å². The van der Waals surface area contributed by atoms with Crippen LogP contribution in [0.25, 0.3) is 0 Å². The summed E-state index contributed by atoms with van der Waals surface area (Å²) in [6.45, 7) is -3.63. The lowest BCUT2D eigenvalue weighted by atomic mass is 10.1. The molecule has 0 bridgehead atoms. The van der Waals surface area contributed by atoms with Gasteiger partial charge in [-0.15, -0.1) is 0 Å². The highest BCUT2D eigenvalue weighted by atomic mass is 19.4. The van der Waals surface area contributed by atoms with E-state index < -0.39 is 38.3 Å². The predicted molar refractivity (Wildman–Crippen MR) is 59.9 cm³/mol. The van der Waals surface area contributed by atoms with Gasteiger partial charge >= 0.3 is 6.18 Å². The molecular weight excluding hydrogens is 269 g/mol. The van der Waals surface area contributed by atoms with E-state index in [1.165, 1.54) is 12.1 Å². The fourth-order valence-electron chi connectivity index (χ4n) is 1.66. The van der Waals surface area contributed by atoms with Gasteiger partial charge in [-0.3, -0.25) is 4.90 Å². The molecule has 0 unspecified atom stereocenters. The van der Waals surface area contributed by atoms with Crippen molar-refractivity contribution < 1.29 is 27.1 Å². The number of rotatable bonds is 6. The summed E-state index contributed by atoms with van der Waals surface area (Å²) in [5, 5.41) is 8.65. The number of halogens is 5. The standard InChI is InChI=1S/C12H14F5NO/c13-11(14,10-4-2-1-3-5-10)8-18(6-7-19)9-12(15,16)17/h1-5,19H,6-9H2. The zero-order valence-electron chi connectivity index (χ0n) is 10.00. The Morgan fingerprint density at radius 1 is 0.947 bits per heavy atom. The predicted octanol–water partition coefficient (Wildman–Crippen LogP) is 2.64. The lowest BCUT2D eigenvalue weighted by molar-refractivity contribution is -0.157. The molecule has 0 saturated carbocycles. The minimum absolute atomic E-state index is 0.347. The molecular formula is C12H14F5NO. The molecule has 0 aromatic heterocycles. The van der Waals surface area contributed by atoms with Gasteiger partial charge in [-0.05, 0) is 0 Å². The number of aliphatic hydroxyl groups excluding tert-OH is 1. The largest absolute Gasteiger partial charge is 0.401 e. The molecule has 0 aliphatic carbocycles. The summed E-state index contributed by atoms with van der Waals surface area (Å²) in [7, 11) is 0. The van der Waals surface area contributed by atoms with E-state index in [1.54, 1.807) is 6.07 Å². The Kier molecular flexibility index (Phi) is 5.25. The van der Waals surface area contributed by atoms with Crippen molar-refractivity contribution in [3.8, 4) is 0 Å². The molecule has 0 spiro atoms. The van der Waals surface area contributed by atoms with Crippen molar-refractivity contribution in [1.29, 1.82) is 0 Å². The molecule has 0 radical (unpaired) electrons. The maximum atomic E-state index is 13.8. The highest BCUT2D eigenvalue weighted by Gasteiger charge is 2.38. The molecule has 1 N–H and O–H groups in total. The molecule has 108 valence electrons. The monoisotopic (exact) mass is 283 g/mol. The van der Waals surface area contributed by atoms with Crippen molar-refractivity contribution >= 4 is 0 Å². The number of aliphatic hydroxyl groups is 1. The van der Waals surface area contributed by atoms with E-state index in [0.29, 0.717) is 4.90 Å². The molecule has 0 fully saturated rings. The molecule has 0 aliphatic rings. The number of alkyl halides is 5. The smallest absolute Gasteiger partial charge is 0.395 e. The van der Waals surface area contributed by atoms with Crippen LogP contribution in [-0.2, 0) is 5.92 Å². The SMILES string of the molecule is OCCN(CC(F)(F)F)CC(F)(F)c1ccccc1. The third-order valence-corrected chi connectivity index (χ3v) is 2.44. The van der Waals surface area contributed by atoms with Gasteiger partial charge in [-0.25, -0.2) is 0 Å². The molecule has 0 aliphatic heterocycles. The van der Waals surface area contributed by atoms with Crippen LogP contribution in [0.15, 0.2) is 30.3 Å². The minimum atomic E-state index is -4.58. The fraction of sp³-hybridized carbons (Fsp3) is 0.500. The molecule has 1 rings (SSSR count). The zero-order valence-corrected chi connectivity index (χ0v) is 10.00. The van der Waals surface area contributed by atoms with Crippen molar-refractivity contribution in [2.24, 2.45) is 0 Å². The second-order valence-corrected chi connectivity index (χ2v) is 4.12. The zero-order chi connectivity index (χ0) is 14.5. The highest BCUT2D eigenvalue weighted by molar-refractivity contribution is 5.20. The van der Waals surface area contributed by atoms with Crippen LogP contribution < -0.4 is 0 Å². The fourth-order valence-corrected chi connectivity index (χ4v) is 1.66. The number of nitrogens with zero attached hydrogens (tertiary/aromatic N) is 1. The Morgan fingerprint density at radius 3 is 2.00 bits per heavy atom. The van der Waals surface area contributed by atoms with Gasteiger partial charge in [-0.1, -0.05) is 30.3 Å². The quantitative estimate of drug-likeness (QED) is 0.811. The maximum absolute atomic E-state index is 13.8. The molecule has 0 atom stereocenters. The van der Waals surface area contributed by atoms with Crippen molar-refractivity contribution in [2.75, 3.05) is 26.2 Å². The van der Waals surface area contributed by atoms with Gasteiger partial charge in [0.2, 0.25) is 0 Å². The molecule has 1 aromatic rings. The summed E-state index contributed by atoms with van der Waals surface area (Å²) < 4.78 is 64.3. The summed E-state index contributed by atoms with van der Waals surface area (Å²) in [4.78, 5) is 0.493. The van der Waals surface area contributed by atoms with E-state index in [0.717, 1.165) is 12.1 Å². The van der Waals surface area contributed by atoms with Crippen molar-refractivity contribution in [3.05, 3.63) is 35.9 Å². The summed E-state index contributed by atoms with van der Waals surface area (Å²) in [6.07, 6.45) is -4.58. The average Bonchev–Trinajstić information content (AvgIpc) is 2.27. The normalized spacial score (nSPS) is 13.0. The summed E-state index contributed by atoms with van der Waals surface area (Å²) >= 11 is 0. The molecule has 19 heavy (non-hydrogen) atoms. The molecule has 0 saturated heterocycles. The maximum Gasteiger partial charge on any atom is 0.401 e. The topological polar surface area (TPSA) is 23.5 Å². The van der Waals surface area contributed by atoms with Crippen molar-refractivity contribution in [2.45, 2.75) is 12.1 Å². The second-order valence-electron chi connectivity index (χ2n) is 4.12. The van der Waals surface area contributed by atoms with E-state index in [4.69, 9.17) is 5.11 Å². The van der Waals surface area contributed by atoms with Crippen LogP contribution >= 0.6 is 0 Å². The number of hydrogen-bond donors (Lipinski definition) is 1. The van der Waals surface area contributed by atoms with Gasteiger partial charge in [0, 0.05) is 12.1 Å². The van der Waals surface area contributed by atoms with Crippen LogP contribution in [0.1, 0.15) is 5.56 Å². The first-order chi connectivity index (χ1) is 8.74. The lowest BCUT2D eigenvalue weighted by Crippen LogP contribution is -2.42. The molecule has 0 amide bonds. The Hall–Kier alpha value is -1.21. The van der Waals surface area contributed by atoms with Crippen LogP contribution in [0.4, 0.5) is 22.0 Å². The Balaban J connectivity index is 2.77. The Morgan fingerprint density at radius 2 is 1.53 bits per heavy atom. The Bertz CT molecular complexity index is 379. The third kappa shape index (κ3) is 5.52. The van der Waals surface area contributed by atoms with Gasteiger partial charge in [0.25, 0.3) is 5.92 Å². The molecule has 1 aromatic carbocycles. The molecule has 0 heterocycles. The highest BCUT2D eigenvalue weighted by Crippen LogP contribution is 2.29. The van der Waals surface area contributed by atoms with E-state index in [2.05, 4.69) is 0 Å². The van der Waals surface area contributed by atoms with Gasteiger partial charge in [0.15, 0.2) is 0 Å². The van der Waals surface area contributed by atoms with E-state index in [1.807, 2.05) is 0 Å². The minimum Gasteiger partial charge on any atom is -0.395 e. The van der Waals surface area contributed by atoms with Crippen LogP contribution in [0.3, 0.4) is 0 Å². The van der Waals surface area contributed by atoms with Gasteiger partial charge in [0.05, 0.1) is 19.7 Å². The Labute approximate surface area is 107 Å². The van der Waals surface area contributed by atoms with E-state index in [-0.39, 0.29) is 5.56 Å². The average molecular weight is 283 g/mol. The van der Waals surface area contributed by atoms with Gasteiger partial charge < -0.3 is 5.11 Å². The summed E-state index contributed by atoms with van der Waals surface area (Å²) in [6, 6.07) is 6.64. The van der Waals surface area contributed by atoms with Crippen molar-refractivity contribution in [1.82, 2.24) is 4.90 Å². The van der Waals surface area contributed by atoms with Crippen LogP contribution in [0, 0.1) is 0 Å². The summed E-state index contributed by atoms with van der Waals surface area (Å²) in [5.41, 5.74) is -0.347. The number of hydrogen-bond acceptors (Lipinski definition) is 2. The molecule has 7 heteroatoms. The number of benzene rings is 1. The summed E-state index contributed by atoms with van der Waals surface area (Å²) in [5.74, 6) is -3.40. The first-order valence-electron chi connectivity index (χ1n) is 5.58. The third-order valence-electron chi connectivity index (χ3n) is 2.44. The molecule has 2 nitrogen and oxygen atoms in total. The van der Waals surface area contributed by atoms with E-state index in [9.17, 15) is 22.0 Å². The van der Waals surface area contributed by atoms with E-state index >= 15 is 0 Å². The first kappa shape index (κ1) is 15.8. The lowest BCUT2D eigenvalue weighted by Gasteiger charge is -2.27. The first-order valence-corrected chi connectivity index (χ1v) is 5.58. The van der Waals surface area contributed by atoms with Crippen LogP contribution in [0.5, 0.6) is 0 Å². The second kappa shape index (κ2) is 6.29. The van der Waals surface area contributed by atoms with Crippen LogP contribution in [-0.4, -0.2) is 42.4 Å².